The van der Waals surface area contributed by atoms with Gasteiger partial charge in [-0.1, -0.05) is 35.9 Å². The summed E-state index contributed by atoms with van der Waals surface area (Å²) in [5.74, 6) is 0.348. The molecule has 0 bridgehead atoms. The molecule has 2 aromatic carbocycles. The van der Waals surface area contributed by atoms with Gasteiger partial charge in [0.25, 0.3) is 0 Å². The number of halogens is 2. The molecule has 1 saturated heterocycles. The fourth-order valence-corrected chi connectivity index (χ4v) is 3.19. The SMILES string of the molecule is O=C(Cc1ccccc1Cl)N1CCN(CCOc2cccc(F)c2)CC1. The van der Waals surface area contributed by atoms with Crippen molar-refractivity contribution in [2.75, 3.05) is 39.3 Å². The second-order valence-corrected chi connectivity index (χ2v) is 6.70. The number of ether oxygens (including phenoxy) is 1. The molecular weight excluding hydrogens is 355 g/mol. The van der Waals surface area contributed by atoms with Crippen molar-refractivity contribution in [2.45, 2.75) is 6.42 Å². The van der Waals surface area contributed by atoms with Gasteiger partial charge in [-0.25, -0.2) is 4.39 Å². The van der Waals surface area contributed by atoms with Crippen LogP contribution in [0.1, 0.15) is 5.56 Å². The summed E-state index contributed by atoms with van der Waals surface area (Å²) in [6.07, 6.45) is 0.336. The van der Waals surface area contributed by atoms with E-state index in [1.54, 1.807) is 18.2 Å². The Morgan fingerprint density at radius 1 is 1.08 bits per heavy atom. The highest BCUT2D eigenvalue weighted by molar-refractivity contribution is 6.31. The molecule has 138 valence electrons. The predicted octanol–water partition coefficient (Wildman–Crippen LogP) is 3.24. The first-order valence-corrected chi connectivity index (χ1v) is 9.11. The molecule has 6 heteroatoms. The van der Waals surface area contributed by atoms with Crippen molar-refractivity contribution in [2.24, 2.45) is 0 Å². The summed E-state index contributed by atoms with van der Waals surface area (Å²) >= 11 is 6.13. The zero-order chi connectivity index (χ0) is 18.4. The minimum Gasteiger partial charge on any atom is -0.492 e. The van der Waals surface area contributed by atoms with Crippen molar-refractivity contribution < 1.29 is 13.9 Å². The van der Waals surface area contributed by atoms with E-state index in [0.717, 1.165) is 25.2 Å². The second kappa shape index (κ2) is 9.01. The van der Waals surface area contributed by atoms with Crippen LogP contribution in [-0.4, -0.2) is 55.0 Å². The molecule has 1 fully saturated rings. The minimum atomic E-state index is -0.298. The van der Waals surface area contributed by atoms with Gasteiger partial charge in [-0.05, 0) is 23.8 Å². The van der Waals surface area contributed by atoms with Gasteiger partial charge in [-0.15, -0.1) is 0 Å². The maximum Gasteiger partial charge on any atom is 0.227 e. The molecular formula is C20H22ClFN2O2. The Morgan fingerprint density at radius 3 is 2.58 bits per heavy atom. The smallest absolute Gasteiger partial charge is 0.227 e. The predicted molar refractivity (Wildman–Crippen MR) is 100 cm³/mol. The number of piperazine rings is 1. The summed E-state index contributed by atoms with van der Waals surface area (Å²) in [4.78, 5) is 16.6. The van der Waals surface area contributed by atoms with E-state index >= 15 is 0 Å². The van der Waals surface area contributed by atoms with Gasteiger partial charge in [0.2, 0.25) is 5.91 Å². The maximum absolute atomic E-state index is 13.1. The van der Waals surface area contributed by atoms with Crippen LogP contribution >= 0.6 is 11.6 Å². The lowest BCUT2D eigenvalue weighted by Gasteiger charge is -2.34. The second-order valence-electron chi connectivity index (χ2n) is 6.30. The molecule has 0 saturated carbocycles. The molecule has 26 heavy (non-hydrogen) atoms. The van der Waals surface area contributed by atoms with Crippen molar-refractivity contribution in [3.63, 3.8) is 0 Å². The normalized spacial score (nSPS) is 15.1. The van der Waals surface area contributed by atoms with Gasteiger partial charge in [-0.2, -0.15) is 0 Å². The highest BCUT2D eigenvalue weighted by Crippen LogP contribution is 2.17. The summed E-state index contributed by atoms with van der Waals surface area (Å²) < 4.78 is 18.7. The molecule has 1 amide bonds. The van der Waals surface area contributed by atoms with Crippen LogP contribution in [0.3, 0.4) is 0 Å². The first-order valence-electron chi connectivity index (χ1n) is 8.74. The van der Waals surface area contributed by atoms with E-state index < -0.39 is 0 Å². The standard InChI is InChI=1S/C20H22ClFN2O2/c21-19-7-2-1-4-16(19)14-20(25)24-10-8-23(9-11-24)12-13-26-18-6-3-5-17(22)15-18/h1-7,15H,8-14H2. The Morgan fingerprint density at radius 2 is 1.85 bits per heavy atom. The minimum absolute atomic E-state index is 0.105. The Labute approximate surface area is 158 Å². The molecule has 1 aliphatic rings. The summed E-state index contributed by atoms with van der Waals surface area (Å²) in [5, 5.41) is 0.633. The van der Waals surface area contributed by atoms with Gasteiger partial charge in [0.15, 0.2) is 0 Å². The average molecular weight is 377 g/mol. The van der Waals surface area contributed by atoms with Crippen LogP contribution in [0.25, 0.3) is 0 Å². The van der Waals surface area contributed by atoms with Crippen LogP contribution in [0.5, 0.6) is 5.75 Å². The van der Waals surface area contributed by atoms with Crippen LogP contribution in [-0.2, 0) is 11.2 Å². The van der Waals surface area contributed by atoms with Gasteiger partial charge < -0.3 is 9.64 Å². The number of nitrogens with zero attached hydrogens (tertiary/aromatic N) is 2. The third-order valence-corrected chi connectivity index (χ3v) is 4.87. The number of amides is 1. The first kappa shape index (κ1) is 18.7. The van der Waals surface area contributed by atoms with Gasteiger partial charge in [-0.3, -0.25) is 9.69 Å². The van der Waals surface area contributed by atoms with Gasteiger partial charge in [0, 0.05) is 43.8 Å². The molecule has 0 radical (unpaired) electrons. The molecule has 1 heterocycles. The van der Waals surface area contributed by atoms with Crippen molar-refractivity contribution in [1.82, 2.24) is 9.80 Å². The largest absolute Gasteiger partial charge is 0.492 e. The third kappa shape index (κ3) is 5.19. The molecule has 0 unspecified atom stereocenters. The van der Waals surface area contributed by atoms with Crippen LogP contribution in [0, 0.1) is 5.82 Å². The molecule has 0 atom stereocenters. The van der Waals surface area contributed by atoms with Crippen molar-refractivity contribution in [3.05, 3.63) is 64.9 Å². The number of hydrogen-bond donors (Lipinski definition) is 0. The van der Waals surface area contributed by atoms with Crippen LogP contribution < -0.4 is 4.74 Å². The van der Waals surface area contributed by atoms with E-state index in [1.165, 1.54) is 12.1 Å². The van der Waals surface area contributed by atoms with E-state index in [9.17, 15) is 9.18 Å². The van der Waals surface area contributed by atoms with E-state index in [2.05, 4.69) is 4.90 Å². The Balaban J connectivity index is 1.40. The molecule has 3 rings (SSSR count). The lowest BCUT2D eigenvalue weighted by atomic mass is 10.1. The van der Waals surface area contributed by atoms with Crippen LogP contribution in [0.4, 0.5) is 4.39 Å². The lowest BCUT2D eigenvalue weighted by Crippen LogP contribution is -2.49. The molecule has 0 N–H and O–H groups in total. The van der Waals surface area contributed by atoms with E-state index in [1.807, 2.05) is 23.1 Å². The molecule has 0 aliphatic carbocycles. The molecule has 0 aromatic heterocycles. The summed E-state index contributed by atoms with van der Waals surface area (Å²) in [5.41, 5.74) is 0.866. The van der Waals surface area contributed by atoms with Crippen LogP contribution in [0.15, 0.2) is 48.5 Å². The molecule has 4 nitrogen and oxygen atoms in total. The Bertz CT molecular complexity index is 748. The fourth-order valence-electron chi connectivity index (χ4n) is 2.99. The third-order valence-electron chi connectivity index (χ3n) is 4.50. The quantitative estimate of drug-likeness (QED) is 0.776. The molecule has 2 aromatic rings. The monoisotopic (exact) mass is 376 g/mol. The van der Waals surface area contributed by atoms with Gasteiger partial charge in [0.05, 0.1) is 6.42 Å². The Hall–Kier alpha value is -2.11. The van der Waals surface area contributed by atoms with E-state index in [0.29, 0.717) is 36.9 Å². The number of carbonyl (C=O) groups is 1. The van der Waals surface area contributed by atoms with Crippen molar-refractivity contribution in [1.29, 1.82) is 0 Å². The zero-order valence-electron chi connectivity index (χ0n) is 14.5. The molecule has 0 spiro atoms. The van der Waals surface area contributed by atoms with Crippen LogP contribution in [0.2, 0.25) is 5.02 Å². The molecule has 1 aliphatic heterocycles. The topological polar surface area (TPSA) is 32.8 Å². The summed E-state index contributed by atoms with van der Waals surface area (Å²) in [6.45, 7) is 4.26. The highest BCUT2D eigenvalue weighted by atomic mass is 35.5. The Kier molecular flexibility index (Phi) is 6.47. The maximum atomic E-state index is 13.1. The first-order chi connectivity index (χ1) is 12.6. The van der Waals surface area contributed by atoms with Gasteiger partial charge in [0.1, 0.15) is 18.2 Å². The summed E-state index contributed by atoms with van der Waals surface area (Å²) in [6, 6.07) is 13.6. The fraction of sp³-hybridized carbons (Fsp3) is 0.350. The highest BCUT2D eigenvalue weighted by Gasteiger charge is 2.21. The zero-order valence-corrected chi connectivity index (χ0v) is 15.3. The van der Waals surface area contributed by atoms with E-state index in [4.69, 9.17) is 16.3 Å². The van der Waals surface area contributed by atoms with E-state index in [-0.39, 0.29) is 11.7 Å². The number of benzene rings is 2. The number of carbonyl (C=O) groups excluding carboxylic acids is 1. The average Bonchev–Trinajstić information content (AvgIpc) is 2.64. The van der Waals surface area contributed by atoms with Crippen molar-refractivity contribution in [3.8, 4) is 5.75 Å². The lowest BCUT2D eigenvalue weighted by molar-refractivity contribution is -0.132. The van der Waals surface area contributed by atoms with Gasteiger partial charge >= 0.3 is 0 Å². The number of rotatable bonds is 6. The van der Waals surface area contributed by atoms with Crippen molar-refractivity contribution >= 4 is 17.5 Å². The number of hydrogen-bond acceptors (Lipinski definition) is 3. The summed E-state index contributed by atoms with van der Waals surface area (Å²) in [7, 11) is 0.